The van der Waals surface area contributed by atoms with Crippen molar-refractivity contribution in [1.29, 1.82) is 0 Å². The van der Waals surface area contributed by atoms with Crippen molar-refractivity contribution >= 4 is 59.0 Å². The van der Waals surface area contributed by atoms with Gasteiger partial charge in [0.05, 0.1) is 0 Å². The highest BCUT2D eigenvalue weighted by Crippen LogP contribution is 2.37. The number of carbonyl (C=O) groups is 8. The third-order valence-electron chi connectivity index (χ3n) is 14.6. The van der Waals surface area contributed by atoms with Gasteiger partial charge >= 0.3 is 5.97 Å². The molecule has 9 atom stereocenters. The number of nitrogens with zero attached hydrogens (tertiary/aromatic N) is 4. The molecule has 6 fully saturated rings. The quantitative estimate of drug-likeness (QED) is 0.280. The number of thioether (sulfide) groups is 1. The van der Waals surface area contributed by atoms with Crippen LogP contribution in [0, 0.1) is 18.8 Å². The number of Topliss-reactive ketones (excluding diaryl/α,β-unsaturated/α-hetero) is 1. The standard InChI is InChI=1S/C51H69N7O9S/c1-6-8-16-43(60)53-44-32(4)67-51(66)45(35-13-10-9-11-14-35)54-46(61)39-27-41(59)36(30-68-42-29-56-24-21-34(42)22-25-56)28-58(39)50(65)40(26-33-19-17-31(3)18-20-33)55(5)49(64)38-15-12-23-57(38)48(63)37(7-2)52-47(44)62/h9-11,13-14,17-20,32,34,36-40,42,44-45H,6-8,12,15-16,21-30H2,1-5H3,(H,52,62)(H,53,60)(H,54,61)/t32-,36+,37+,38+,39+,40+,42?,44+,45+/m1/s1. The molecule has 17 heteroatoms. The number of ketones is 1. The van der Waals surface area contributed by atoms with Gasteiger partial charge in [-0.25, -0.2) is 4.79 Å². The zero-order valence-electron chi connectivity index (χ0n) is 40.2. The summed E-state index contributed by atoms with van der Waals surface area (Å²) in [5, 5.41) is 8.67. The summed E-state index contributed by atoms with van der Waals surface area (Å²) in [5.74, 6) is -4.20. The Morgan fingerprint density at radius 2 is 1.54 bits per heavy atom. The van der Waals surface area contributed by atoms with Crippen LogP contribution in [0.4, 0.5) is 0 Å². The van der Waals surface area contributed by atoms with Crippen LogP contribution >= 0.6 is 11.8 Å². The number of cyclic esters (lactones) is 1. The number of ether oxygens (including phenoxy) is 1. The largest absolute Gasteiger partial charge is 0.458 e. The van der Waals surface area contributed by atoms with Gasteiger partial charge in [0.2, 0.25) is 35.4 Å². The van der Waals surface area contributed by atoms with Crippen LogP contribution < -0.4 is 16.0 Å². The number of fused-ring (bicyclic) bond motifs is 5. The zero-order valence-corrected chi connectivity index (χ0v) is 41.0. The number of esters is 1. The molecule has 8 rings (SSSR count). The Labute approximate surface area is 404 Å². The van der Waals surface area contributed by atoms with E-state index < -0.39 is 89.7 Å². The number of benzene rings is 2. The minimum Gasteiger partial charge on any atom is -0.458 e. The molecule has 6 heterocycles. The van der Waals surface area contributed by atoms with E-state index in [1.54, 1.807) is 56.1 Å². The molecule has 0 spiro atoms. The second-order valence-corrected chi connectivity index (χ2v) is 20.6. The average molecular weight is 956 g/mol. The van der Waals surface area contributed by atoms with Gasteiger partial charge in [-0.3, -0.25) is 33.6 Å². The number of hydrogen-bond donors (Lipinski definition) is 3. The maximum Gasteiger partial charge on any atom is 0.333 e. The first kappa shape index (κ1) is 50.6. The van der Waals surface area contributed by atoms with E-state index in [9.17, 15) is 33.6 Å². The summed E-state index contributed by atoms with van der Waals surface area (Å²) >= 11 is 1.75. The fourth-order valence-electron chi connectivity index (χ4n) is 10.4. The van der Waals surface area contributed by atoms with Crippen LogP contribution in [-0.4, -0.2) is 154 Å². The number of unbranched alkanes of at least 4 members (excludes halogenated alkanes) is 1. The van der Waals surface area contributed by atoms with Gasteiger partial charge in [0, 0.05) is 62.9 Å². The summed E-state index contributed by atoms with van der Waals surface area (Å²) < 4.78 is 5.98. The van der Waals surface area contributed by atoms with E-state index in [1.807, 2.05) is 38.1 Å². The second kappa shape index (κ2) is 22.9. The van der Waals surface area contributed by atoms with Crippen molar-refractivity contribution < 1.29 is 43.1 Å². The average Bonchev–Trinajstić information content (AvgIpc) is 3.85. The van der Waals surface area contributed by atoms with Gasteiger partial charge in [-0.05, 0) is 82.5 Å². The highest BCUT2D eigenvalue weighted by Gasteiger charge is 2.48. The van der Waals surface area contributed by atoms with Gasteiger partial charge in [0.1, 0.15) is 42.1 Å². The number of nitrogens with one attached hydrogen (secondary N) is 3. The van der Waals surface area contributed by atoms with E-state index in [4.69, 9.17) is 4.74 Å². The van der Waals surface area contributed by atoms with Gasteiger partial charge in [-0.2, -0.15) is 11.8 Å². The van der Waals surface area contributed by atoms with Crippen LogP contribution in [0.15, 0.2) is 54.6 Å². The van der Waals surface area contributed by atoms with Crippen molar-refractivity contribution in [2.45, 2.75) is 140 Å². The second-order valence-electron chi connectivity index (χ2n) is 19.3. The number of likely N-dealkylation sites (N-methyl/N-ethyl adjacent to an activating group) is 1. The Hall–Kier alpha value is -5.29. The lowest BCUT2D eigenvalue weighted by atomic mass is 9.88. The third-order valence-corrected chi connectivity index (χ3v) is 16.2. The molecular formula is C51H69N7O9S. The molecule has 6 aliphatic rings. The molecule has 3 N–H and O–H groups in total. The summed E-state index contributed by atoms with van der Waals surface area (Å²) in [7, 11) is 1.54. The minimum atomic E-state index is -1.46. The van der Waals surface area contributed by atoms with Crippen molar-refractivity contribution in [3.8, 4) is 0 Å². The Kier molecular flexibility index (Phi) is 17.0. The molecule has 0 aromatic heterocycles. The molecule has 2 aromatic carbocycles. The molecule has 368 valence electrons. The van der Waals surface area contributed by atoms with E-state index in [2.05, 4.69) is 20.9 Å². The fourth-order valence-corrected chi connectivity index (χ4v) is 12.0. The molecule has 0 radical (unpaired) electrons. The summed E-state index contributed by atoms with van der Waals surface area (Å²) in [6.07, 6.45) is 3.00. The molecular weight excluding hydrogens is 887 g/mol. The van der Waals surface area contributed by atoms with E-state index in [0.29, 0.717) is 48.2 Å². The smallest absolute Gasteiger partial charge is 0.333 e. The van der Waals surface area contributed by atoms with Crippen LogP contribution in [0.25, 0.3) is 0 Å². The lowest BCUT2D eigenvalue weighted by Gasteiger charge is -2.45. The summed E-state index contributed by atoms with van der Waals surface area (Å²) in [4.78, 5) is 123. The lowest BCUT2D eigenvalue weighted by molar-refractivity contribution is -0.158. The molecule has 6 aliphatic heterocycles. The van der Waals surface area contributed by atoms with Crippen LogP contribution in [0.3, 0.4) is 0 Å². The van der Waals surface area contributed by atoms with Crippen molar-refractivity contribution in [1.82, 2.24) is 35.6 Å². The molecule has 0 saturated carbocycles. The molecule has 2 bridgehead atoms. The predicted molar refractivity (Wildman–Crippen MR) is 257 cm³/mol. The fraction of sp³-hybridized carbons (Fsp3) is 0.608. The first-order valence-corrected chi connectivity index (χ1v) is 25.7. The summed E-state index contributed by atoms with van der Waals surface area (Å²) in [6, 6.07) is 8.50. The number of carbonyl (C=O) groups excluding carboxylic acids is 8. The molecule has 2 aromatic rings. The highest BCUT2D eigenvalue weighted by atomic mass is 32.2. The Morgan fingerprint density at radius 3 is 2.21 bits per heavy atom. The first-order valence-electron chi connectivity index (χ1n) is 24.6. The number of hydrogen-bond acceptors (Lipinski definition) is 11. The van der Waals surface area contributed by atoms with E-state index >= 15 is 4.79 Å². The highest BCUT2D eigenvalue weighted by molar-refractivity contribution is 8.00. The minimum absolute atomic E-state index is 0.0762. The van der Waals surface area contributed by atoms with Gasteiger partial charge in [0.25, 0.3) is 0 Å². The van der Waals surface area contributed by atoms with E-state index in [-0.39, 0.29) is 44.6 Å². The van der Waals surface area contributed by atoms with Gasteiger partial charge in [0.15, 0.2) is 6.04 Å². The normalized spacial score (nSPS) is 30.9. The maximum absolute atomic E-state index is 15.6. The van der Waals surface area contributed by atoms with E-state index in [1.165, 1.54) is 21.6 Å². The SMILES string of the molecule is CCCCC(=O)N[C@@H]1C(=O)N[C@@H](CC)C(=O)N2CCC[C@H]2C(=O)N(C)[C@@H](Cc2ccc(C)cc2)C(=O)N2C[C@@H](CSC3CN4CCC3CC4)C(=O)C[C@H]2C(=O)N[C@@H](c2ccccc2)C(=O)O[C@@H]1C. The summed E-state index contributed by atoms with van der Waals surface area (Å²) in [5.41, 5.74) is 2.10. The lowest BCUT2D eigenvalue weighted by Crippen LogP contribution is -2.63. The van der Waals surface area contributed by atoms with Gasteiger partial charge in [-0.1, -0.05) is 80.4 Å². The third kappa shape index (κ3) is 11.8. The van der Waals surface area contributed by atoms with Gasteiger partial charge < -0.3 is 40.3 Å². The molecule has 6 amide bonds. The molecule has 1 unspecified atom stereocenters. The molecule has 16 nitrogen and oxygen atoms in total. The van der Waals surface area contributed by atoms with Crippen LogP contribution in [-0.2, 0) is 49.5 Å². The monoisotopic (exact) mass is 955 g/mol. The van der Waals surface area contributed by atoms with Crippen LogP contribution in [0.1, 0.15) is 101 Å². The molecule has 0 aliphatic carbocycles. The number of rotatable bonds is 11. The van der Waals surface area contributed by atoms with Crippen LogP contribution in [0.2, 0.25) is 0 Å². The molecule has 6 saturated heterocycles. The predicted octanol–water partition coefficient (Wildman–Crippen LogP) is 3.34. The zero-order chi connectivity index (χ0) is 48.6. The van der Waals surface area contributed by atoms with Crippen molar-refractivity contribution in [3.63, 3.8) is 0 Å². The molecule has 68 heavy (non-hydrogen) atoms. The Bertz CT molecular complexity index is 2170. The first-order chi connectivity index (χ1) is 32.7. The number of amides is 6. The number of aryl methyl sites for hydroxylation is 1. The maximum atomic E-state index is 15.6. The van der Waals surface area contributed by atoms with Gasteiger partial charge in [-0.15, -0.1) is 0 Å². The Balaban J connectivity index is 1.29. The number of piperidine rings is 4. The van der Waals surface area contributed by atoms with Crippen molar-refractivity contribution in [2.24, 2.45) is 11.8 Å². The topological polar surface area (TPSA) is 195 Å². The van der Waals surface area contributed by atoms with Crippen LogP contribution in [0.5, 0.6) is 0 Å². The van der Waals surface area contributed by atoms with E-state index in [0.717, 1.165) is 43.6 Å². The van der Waals surface area contributed by atoms with Crippen molar-refractivity contribution in [2.75, 3.05) is 45.5 Å². The van der Waals surface area contributed by atoms with Crippen molar-refractivity contribution in [3.05, 3.63) is 71.3 Å². The summed E-state index contributed by atoms with van der Waals surface area (Å²) in [6.45, 7) is 10.3. The Morgan fingerprint density at radius 1 is 0.824 bits per heavy atom.